The van der Waals surface area contributed by atoms with Gasteiger partial charge in [-0.05, 0) is 28.3 Å². The van der Waals surface area contributed by atoms with Gasteiger partial charge in [-0.15, -0.1) is 0 Å². The van der Waals surface area contributed by atoms with E-state index < -0.39 is 0 Å². The molecule has 0 saturated carbocycles. The van der Waals surface area contributed by atoms with Crippen molar-refractivity contribution in [2.24, 2.45) is 0 Å². The Kier molecular flexibility index (Phi) is 3.42. The maximum Gasteiger partial charge on any atom is 0.0346 e. The van der Waals surface area contributed by atoms with E-state index in [9.17, 15) is 0 Å². The molecule has 2 aromatic carbocycles. The second-order valence-electron chi connectivity index (χ2n) is 4.58. The van der Waals surface area contributed by atoms with Crippen molar-refractivity contribution in [1.82, 2.24) is 4.98 Å². The fourth-order valence-corrected chi connectivity index (χ4v) is 2.41. The van der Waals surface area contributed by atoms with Gasteiger partial charge in [0.05, 0.1) is 0 Å². The van der Waals surface area contributed by atoms with Crippen molar-refractivity contribution in [2.45, 2.75) is 0 Å². The highest BCUT2D eigenvalue weighted by atomic mass is 14.6. The molecule has 0 radical (unpaired) electrons. The number of pyridine rings is 1. The Bertz CT molecular complexity index is 730. The van der Waals surface area contributed by atoms with Gasteiger partial charge in [-0.2, -0.15) is 0 Å². The molecule has 20 heavy (non-hydrogen) atoms. The molecule has 1 nitrogen and oxygen atoms in total. The maximum atomic E-state index is 4.22. The predicted octanol–water partition coefficient (Wildman–Crippen LogP) is 5.06. The molecule has 0 bridgehead atoms. The fraction of sp³-hybridized carbons (Fsp3) is 0. The van der Waals surface area contributed by atoms with E-state index in [0.29, 0.717) is 0 Å². The number of benzene rings is 2. The van der Waals surface area contributed by atoms with Crippen molar-refractivity contribution < 1.29 is 0 Å². The van der Waals surface area contributed by atoms with Crippen LogP contribution in [0.25, 0.3) is 28.3 Å². The third kappa shape index (κ3) is 2.26. The minimum Gasteiger partial charge on any atom is -0.264 e. The van der Waals surface area contributed by atoms with Crippen LogP contribution in [0.3, 0.4) is 0 Å². The average molecular weight is 257 g/mol. The van der Waals surface area contributed by atoms with Gasteiger partial charge in [0.1, 0.15) is 0 Å². The lowest BCUT2D eigenvalue weighted by Gasteiger charge is -2.12. The molecule has 1 heterocycles. The summed E-state index contributed by atoms with van der Waals surface area (Å²) in [7, 11) is 0. The average Bonchev–Trinajstić information content (AvgIpc) is 2.55. The third-order valence-corrected chi connectivity index (χ3v) is 3.37. The molecule has 0 aliphatic rings. The van der Waals surface area contributed by atoms with Gasteiger partial charge in [0.15, 0.2) is 0 Å². The lowest BCUT2D eigenvalue weighted by atomic mass is 9.92. The van der Waals surface area contributed by atoms with E-state index in [1.54, 1.807) is 6.20 Å². The monoisotopic (exact) mass is 257 g/mol. The van der Waals surface area contributed by atoms with E-state index in [-0.39, 0.29) is 0 Å². The van der Waals surface area contributed by atoms with E-state index in [0.717, 1.165) is 11.1 Å². The molecule has 0 saturated heterocycles. The molecule has 0 amide bonds. The van der Waals surface area contributed by atoms with Crippen LogP contribution in [0.2, 0.25) is 0 Å². The zero-order chi connectivity index (χ0) is 13.8. The number of rotatable bonds is 3. The molecular weight excluding hydrogens is 242 g/mol. The number of hydrogen-bond acceptors (Lipinski definition) is 1. The highest BCUT2D eigenvalue weighted by Crippen LogP contribution is 2.33. The van der Waals surface area contributed by atoms with Crippen LogP contribution in [0.15, 0.2) is 79.6 Å². The molecular formula is C19H15N. The molecule has 0 aliphatic carbocycles. The van der Waals surface area contributed by atoms with Crippen molar-refractivity contribution in [3.63, 3.8) is 0 Å². The summed E-state index contributed by atoms with van der Waals surface area (Å²) in [5.74, 6) is 0. The molecule has 0 spiro atoms. The summed E-state index contributed by atoms with van der Waals surface area (Å²) in [6, 6.07) is 20.8. The first-order valence-electron chi connectivity index (χ1n) is 6.61. The summed E-state index contributed by atoms with van der Waals surface area (Å²) in [6.45, 7) is 3.91. The van der Waals surface area contributed by atoms with Crippen molar-refractivity contribution in [2.75, 3.05) is 0 Å². The van der Waals surface area contributed by atoms with Gasteiger partial charge in [0.25, 0.3) is 0 Å². The second kappa shape index (κ2) is 5.54. The second-order valence-corrected chi connectivity index (χ2v) is 4.58. The van der Waals surface area contributed by atoms with E-state index >= 15 is 0 Å². The molecule has 0 fully saturated rings. The Balaban J connectivity index is 2.23. The van der Waals surface area contributed by atoms with Gasteiger partial charge in [0.2, 0.25) is 0 Å². The van der Waals surface area contributed by atoms with Crippen LogP contribution < -0.4 is 0 Å². The topological polar surface area (TPSA) is 12.9 Å². The molecule has 3 aromatic rings. The molecule has 0 N–H and O–H groups in total. The first-order valence-corrected chi connectivity index (χ1v) is 6.61. The van der Waals surface area contributed by atoms with E-state index in [4.69, 9.17) is 0 Å². The lowest BCUT2D eigenvalue weighted by molar-refractivity contribution is 1.33. The SMILES string of the molecule is C=Cc1ccccc1-c1ccccc1-c1cccnc1. The summed E-state index contributed by atoms with van der Waals surface area (Å²) in [4.78, 5) is 4.22. The van der Waals surface area contributed by atoms with Crippen LogP contribution in [0.4, 0.5) is 0 Å². The summed E-state index contributed by atoms with van der Waals surface area (Å²) in [5.41, 5.74) is 5.86. The smallest absolute Gasteiger partial charge is 0.0346 e. The summed E-state index contributed by atoms with van der Waals surface area (Å²) in [5, 5.41) is 0. The number of hydrogen-bond donors (Lipinski definition) is 0. The fourth-order valence-electron chi connectivity index (χ4n) is 2.41. The van der Waals surface area contributed by atoms with Gasteiger partial charge >= 0.3 is 0 Å². The standard InChI is InChI=1S/C19H15N/c1-2-15-8-3-4-10-17(15)19-12-6-5-11-18(19)16-9-7-13-20-14-16/h2-14H,1H2. The number of nitrogens with zero attached hydrogens (tertiary/aromatic N) is 1. The Labute approximate surface area is 119 Å². The lowest BCUT2D eigenvalue weighted by Crippen LogP contribution is -1.88. The van der Waals surface area contributed by atoms with Crippen LogP contribution in [0.1, 0.15) is 5.56 Å². The van der Waals surface area contributed by atoms with Crippen molar-refractivity contribution in [3.05, 3.63) is 85.2 Å². The van der Waals surface area contributed by atoms with Gasteiger partial charge in [-0.25, -0.2) is 0 Å². The molecule has 3 rings (SSSR count). The van der Waals surface area contributed by atoms with Crippen LogP contribution in [0, 0.1) is 0 Å². The Morgan fingerprint density at radius 1 is 0.750 bits per heavy atom. The first kappa shape index (κ1) is 12.4. The van der Waals surface area contributed by atoms with Crippen molar-refractivity contribution in [3.8, 4) is 22.3 Å². The van der Waals surface area contributed by atoms with Gasteiger partial charge < -0.3 is 0 Å². The quantitative estimate of drug-likeness (QED) is 0.639. The molecule has 0 atom stereocenters. The highest BCUT2D eigenvalue weighted by Gasteiger charge is 2.08. The van der Waals surface area contributed by atoms with Gasteiger partial charge in [0, 0.05) is 18.0 Å². The van der Waals surface area contributed by atoms with Crippen LogP contribution in [-0.4, -0.2) is 4.98 Å². The predicted molar refractivity (Wildman–Crippen MR) is 85.2 cm³/mol. The van der Waals surface area contributed by atoms with Gasteiger partial charge in [-0.3, -0.25) is 4.98 Å². The minimum atomic E-state index is 1.13. The molecule has 96 valence electrons. The zero-order valence-electron chi connectivity index (χ0n) is 11.2. The number of aromatic nitrogens is 1. The minimum absolute atomic E-state index is 1.13. The normalized spacial score (nSPS) is 10.2. The summed E-state index contributed by atoms with van der Waals surface area (Å²) >= 11 is 0. The largest absolute Gasteiger partial charge is 0.264 e. The van der Waals surface area contributed by atoms with Crippen LogP contribution in [-0.2, 0) is 0 Å². The zero-order valence-corrected chi connectivity index (χ0v) is 11.2. The summed E-state index contributed by atoms with van der Waals surface area (Å²) in [6.07, 6.45) is 5.59. The van der Waals surface area contributed by atoms with E-state index in [2.05, 4.69) is 60.1 Å². The molecule has 1 aromatic heterocycles. The first-order chi connectivity index (χ1) is 9.90. The van der Waals surface area contributed by atoms with Crippen molar-refractivity contribution >= 4 is 6.08 Å². The third-order valence-electron chi connectivity index (χ3n) is 3.37. The van der Waals surface area contributed by atoms with E-state index in [1.807, 2.05) is 24.4 Å². The Morgan fingerprint density at radius 3 is 2.15 bits per heavy atom. The van der Waals surface area contributed by atoms with E-state index in [1.165, 1.54) is 16.7 Å². The molecule has 0 aliphatic heterocycles. The van der Waals surface area contributed by atoms with Crippen LogP contribution >= 0.6 is 0 Å². The molecule has 1 heteroatoms. The van der Waals surface area contributed by atoms with Crippen molar-refractivity contribution in [1.29, 1.82) is 0 Å². The maximum absolute atomic E-state index is 4.22. The molecule has 0 unspecified atom stereocenters. The summed E-state index contributed by atoms with van der Waals surface area (Å²) < 4.78 is 0. The Morgan fingerprint density at radius 2 is 1.45 bits per heavy atom. The van der Waals surface area contributed by atoms with Crippen LogP contribution in [0.5, 0.6) is 0 Å². The highest BCUT2D eigenvalue weighted by molar-refractivity contribution is 5.86. The Hall–Kier alpha value is -2.67. The van der Waals surface area contributed by atoms with Gasteiger partial charge in [-0.1, -0.05) is 67.3 Å².